The van der Waals surface area contributed by atoms with E-state index in [4.69, 9.17) is 4.74 Å². The third-order valence-corrected chi connectivity index (χ3v) is 3.81. The Hall–Kier alpha value is -2.04. The van der Waals surface area contributed by atoms with E-state index >= 15 is 0 Å². The zero-order chi connectivity index (χ0) is 18.0. The molecule has 0 saturated carbocycles. The zero-order valence-corrected chi connectivity index (χ0v) is 15.3. The number of nitrogens with one attached hydrogen (secondary N) is 1. The van der Waals surface area contributed by atoms with Crippen molar-refractivity contribution in [3.63, 3.8) is 0 Å². The quantitative estimate of drug-likeness (QED) is 0.845. The largest absolute Gasteiger partial charge is 0.496 e. The molecule has 0 saturated heterocycles. The number of hydrogen-bond acceptors (Lipinski definition) is 4. The van der Waals surface area contributed by atoms with Crippen LogP contribution in [0.5, 0.6) is 5.75 Å². The predicted molar refractivity (Wildman–Crippen MR) is 91.6 cm³/mol. The summed E-state index contributed by atoms with van der Waals surface area (Å²) in [6, 6.07) is 6.13. The van der Waals surface area contributed by atoms with Crippen molar-refractivity contribution in [2.45, 2.75) is 53.0 Å². The van der Waals surface area contributed by atoms with Gasteiger partial charge in [0.15, 0.2) is 0 Å². The second-order valence-corrected chi connectivity index (χ2v) is 5.39. The van der Waals surface area contributed by atoms with Gasteiger partial charge in [0.2, 0.25) is 5.91 Å². The van der Waals surface area contributed by atoms with Gasteiger partial charge in [0.1, 0.15) is 11.3 Å². The number of ether oxygens (including phenoxy) is 2. The van der Waals surface area contributed by atoms with Crippen molar-refractivity contribution in [2.75, 3.05) is 14.2 Å². The first-order valence-corrected chi connectivity index (χ1v) is 7.75. The molecule has 0 aliphatic heterocycles. The molecule has 1 amide bonds. The van der Waals surface area contributed by atoms with E-state index in [1.54, 1.807) is 7.11 Å². The molecule has 23 heavy (non-hydrogen) atoms. The van der Waals surface area contributed by atoms with Gasteiger partial charge in [-0.2, -0.15) is 0 Å². The molecular formula is C18H29NO4. The van der Waals surface area contributed by atoms with Gasteiger partial charge in [0.25, 0.3) is 0 Å². The molecule has 5 nitrogen and oxygen atoms in total. The monoisotopic (exact) mass is 323 g/mol. The van der Waals surface area contributed by atoms with Crippen LogP contribution in [0.15, 0.2) is 18.2 Å². The van der Waals surface area contributed by atoms with Crippen LogP contribution in [-0.4, -0.2) is 31.6 Å². The average molecular weight is 323 g/mol. The van der Waals surface area contributed by atoms with Gasteiger partial charge >= 0.3 is 5.97 Å². The number of para-hydroxylation sites is 1. The number of aryl methyl sites for hydroxylation is 2. The predicted octanol–water partition coefficient (Wildman–Crippen LogP) is 3.17. The summed E-state index contributed by atoms with van der Waals surface area (Å²) < 4.78 is 9.82. The fraction of sp³-hybridized carbons (Fsp3) is 0.556. The first-order valence-electron chi connectivity index (χ1n) is 7.75. The van der Waals surface area contributed by atoms with E-state index in [9.17, 15) is 9.59 Å². The first-order chi connectivity index (χ1) is 10.8. The van der Waals surface area contributed by atoms with Gasteiger partial charge in [0.05, 0.1) is 14.2 Å². The van der Waals surface area contributed by atoms with Crippen LogP contribution in [0.2, 0.25) is 0 Å². The smallest absolute Gasteiger partial charge is 0.331 e. The Kier molecular flexibility index (Phi) is 9.00. The lowest BCUT2D eigenvalue weighted by Crippen LogP contribution is -2.53. The molecule has 1 aromatic carbocycles. The molecule has 0 fully saturated rings. The second-order valence-electron chi connectivity index (χ2n) is 5.39. The van der Waals surface area contributed by atoms with E-state index < -0.39 is 5.54 Å². The van der Waals surface area contributed by atoms with Crippen LogP contribution in [0.3, 0.4) is 0 Å². The molecule has 5 heteroatoms. The molecule has 0 aliphatic carbocycles. The number of hydrogen-bond donors (Lipinski definition) is 1. The Morgan fingerprint density at radius 1 is 1.09 bits per heavy atom. The SMILES string of the molecule is CCC(CC)(NC(C)=O)C(=O)OC.COc1c(C)cccc1C. The average Bonchev–Trinajstić information content (AvgIpc) is 2.52. The Bertz CT molecular complexity index is 502. The number of benzene rings is 1. The van der Waals surface area contributed by atoms with Gasteiger partial charge in [-0.3, -0.25) is 4.79 Å². The first kappa shape index (κ1) is 21.0. The lowest BCUT2D eigenvalue weighted by molar-refractivity contribution is -0.151. The van der Waals surface area contributed by atoms with Crippen molar-refractivity contribution in [2.24, 2.45) is 0 Å². The summed E-state index contributed by atoms with van der Waals surface area (Å²) in [6.07, 6.45) is 1.07. The summed E-state index contributed by atoms with van der Waals surface area (Å²) in [5.41, 5.74) is 1.55. The maximum Gasteiger partial charge on any atom is 0.331 e. The summed E-state index contributed by atoms with van der Waals surface area (Å²) in [6.45, 7) is 9.17. The molecule has 0 aliphatic rings. The van der Waals surface area contributed by atoms with Crippen LogP contribution >= 0.6 is 0 Å². The van der Waals surface area contributed by atoms with Gasteiger partial charge in [-0.05, 0) is 37.8 Å². The van der Waals surface area contributed by atoms with E-state index in [1.807, 2.05) is 45.9 Å². The fourth-order valence-corrected chi connectivity index (χ4v) is 2.42. The molecule has 0 bridgehead atoms. The van der Waals surface area contributed by atoms with Crippen LogP contribution in [0.25, 0.3) is 0 Å². The third kappa shape index (κ3) is 5.93. The standard InChI is InChI=1S/C9H17NO3.C9H12O/c1-5-9(6-2,8(12)13-4)10-7(3)11;1-7-5-4-6-8(2)9(7)10-3/h5-6H2,1-4H3,(H,10,11);4-6H,1-3H3. The highest BCUT2D eigenvalue weighted by Gasteiger charge is 2.36. The van der Waals surface area contributed by atoms with Gasteiger partial charge < -0.3 is 14.8 Å². The lowest BCUT2D eigenvalue weighted by Gasteiger charge is -2.28. The molecule has 1 rings (SSSR count). The van der Waals surface area contributed by atoms with Gasteiger partial charge in [-0.15, -0.1) is 0 Å². The van der Waals surface area contributed by atoms with Crippen LogP contribution in [0, 0.1) is 13.8 Å². The second kappa shape index (κ2) is 9.87. The number of carbonyl (C=O) groups is 2. The van der Waals surface area contributed by atoms with E-state index in [0.717, 1.165) is 5.75 Å². The zero-order valence-electron chi connectivity index (χ0n) is 15.3. The Labute approximate surface area is 139 Å². The molecule has 0 radical (unpaired) electrons. The minimum atomic E-state index is -0.847. The Morgan fingerprint density at radius 3 is 1.83 bits per heavy atom. The van der Waals surface area contributed by atoms with E-state index in [0.29, 0.717) is 12.8 Å². The molecule has 0 unspecified atom stereocenters. The van der Waals surface area contributed by atoms with Crippen LogP contribution < -0.4 is 10.1 Å². The Morgan fingerprint density at radius 2 is 1.57 bits per heavy atom. The number of carbonyl (C=O) groups excluding carboxylic acids is 2. The van der Waals surface area contributed by atoms with Crippen molar-refractivity contribution in [1.29, 1.82) is 0 Å². The molecule has 0 spiro atoms. The lowest BCUT2D eigenvalue weighted by atomic mass is 9.93. The molecule has 1 N–H and O–H groups in total. The van der Waals surface area contributed by atoms with E-state index in [-0.39, 0.29) is 11.9 Å². The highest BCUT2D eigenvalue weighted by Crippen LogP contribution is 2.21. The van der Waals surface area contributed by atoms with E-state index in [2.05, 4.69) is 10.1 Å². The van der Waals surface area contributed by atoms with Crippen LogP contribution in [-0.2, 0) is 14.3 Å². The van der Waals surface area contributed by atoms with E-state index in [1.165, 1.54) is 25.2 Å². The normalized spacial score (nSPS) is 10.2. The molecular weight excluding hydrogens is 294 g/mol. The van der Waals surface area contributed by atoms with Crippen molar-refractivity contribution >= 4 is 11.9 Å². The molecule has 130 valence electrons. The minimum Gasteiger partial charge on any atom is -0.496 e. The van der Waals surface area contributed by atoms with Crippen molar-refractivity contribution in [3.8, 4) is 5.75 Å². The number of methoxy groups -OCH3 is 2. The molecule has 0 atom stereocenters. The summed E-state index contributed by atoms with van der Waals surface area (Å²) in [4.78, 5) is 22.3. The number of rotatable bonds is 5. The maximum atomic E-state index is 11.4. The third-order valence-electron chi connectivity index (χ3n) is 3.81. The maximum absolute atomic E-state index is 11.4. The van der Waals surface area contributed by atoms with Gasteiger partial charge in [-0.1, -0.05) is 32.0 Å². The summed E-state index contributed by atoms with van der Waals surface area (Å²) in [5, 5.41) is 2.63. The van der Waals surface area contributed by atoms with Gasteiger partial charge in [0, 0.05) is 6.92 Å². The van der Waals surface area contributed by atoms with Crippen LogP contribution in [0.1, 0.15) is 44.7 Å². The Balaban J connectivity index is 0.000000433. The molecule has 0 aromatic heterocycles. The summed E-state index contributed by atoms with van der Waals surface area (Å²) in [5.74, 6) is 0.407. The molecule has 0 heterocycles. The minimum absolute atomic E-state index is 0.214. The summed E-state index contributed by atoms with van der Waals surface area (Å²) in [7, 11) is 3.03. The number of esters is 1. The van der Waals surface area contributed by atoms with Crippen molar-refractivity contribution in [3.05, 3.63) is 29.3 Å². The van der Waals surface area contributed by atoms with Gasteiger partial charge in [-0.25, -0.2) is 4.79 Å². The van der Waals surface area contributed by atoms with Crippen LogP contribution in [0.4, 0.5) is 0 Å². The fourth-order valence-electron chi connectivity index (χ4n) is 2.42. The van der Waals surface area contributed by atoms with Crippen molar-refractivity contribution in [1.82, 2.24) is 5.32 Å². The van der Waals surface area contributed by atoms with Crippen molar-refractivity contribution < 1.29 is 19.1 Å². The highest BCUT2D eigenvalue weighted by molar-refractivity contribution is 5.87. The molecule has 1 aromatic rings. The topological polar surface area (TPSA) is 64.6 Å². The number of amides is 1. The summed E-state index contributed by atoms with van der Waals surface area (Å²) >= 11 is 0. The highest BCUT2D eigenvalue weighted by atomic mass is 16.5.